The van der Waals surface area contributed by atoms with E-state index < -0.39 is 11.8 Å². The Morgan fingerprint density at radius 1 is 1.08 bits per heavy atom. The molecule has 2 aliphatic rings. The van der Waals surface area contributed by atoms with Crippen LogP contribution in [0.3, 0.4) is 0 Å². The van der Waals surface area contributed by atoms with Gasteiger partial charge < -0.3 is 20.3 Å². The van der Waals surface area contributed by atoms with E-state index in [1.54, 1.807) is 24.3 Å². The molecule has 0 bridgehead atoms. The Morgan fingerprint density at radius 2 is 1.77 bits per heavy atom. The fourth-order valence-corrected chi connectivity index (χ4v) is 3.81. The quantitative estimate of drug-likeness (QED) is 0.787. The number of nitrogens with zero attached hydrogens (tertiary/aromatic N) is 1. The number of piperidine rings is 1. The molecule has 0 radical (unpaired) electrons. The number of likely N-dealkylation sites (tertiary alicyclic amines) is 1. The fraction of sp³-hybridized carbons (Fsp3) is 0.579. The summed E-state index contributed by atoms with van der Waals surface area (Å²) in [5, 5.41) is 5.71. The molecule has 3 rings (SSSR count). The Labute approximate surface area is 159 Å². The molecule has 2 saturated heterocycles. The third-order valence-corrected chi connectivity index (χ3v) is 5.57. The van der Waals surface area contributed by atoms with E-state index in [1.807, 2.05) is 0 Å². The molecule has 6 nitrogen and oxygen atoms in total. The molecule has 0 spiro atoms. The number of benzene rings is 1. The monoisotopic (exact) mass is 379 g/mol. The smallest absolute Gasteiger partial charge is 0.313 e. The Bertz CT molecular complexity index is 626. The lowest BCUT2D eigenvalue weighted by Gasteiger charge is -2.39. The predicted octanol–water partition coefficient (Wildman–Crippen LogP) is 2.29. The fourth-order valence-electron chi connectivity index (χ4n) is 3.63. The van der Waals surface area contributed by atoms with E-state index >= 15 is 0 Å². The largest absolute Gasteiger partial charge is 0.381 e. The van der Waals surface area contributed by atoms with Gasteiger partial charge in [0.2, 0.25) is 0 Å². The van der Waals surface area contributed by atoms with Crippen LogP contribution in [0.2, 0.25) is 5.02 Å². The molecule has 0 aromatic heterocycles. The maximum Gasteiger partial charge on any atom is 0.313 e. The minimum Gasteiger partial charge on any atom is -0.381 e. The second-order valence-corrected chi connectivity index (χ2v) is 7.37. The maximum atomic E-state index is 12.0. The molecule has 142 valence electrons. The lowest BCUT2D eigenvalue weighted by atomic mass is 9.94. The third kappa shape index (κ3) is 5.19. The molecular formula is C19H26ClN3O3. The van der Waals surface area contributed by atoms with Crippen LogP contribution < -0.4 is 10.6 Å². The number of carbonyl (C=O) groups is 2. The minimum absolute atomic E-state index is 0.411. The van der Waals surface area contributed by atoms with Crippen LogP contribution in [0.15, 0.2) is 24.3 Å². The Balaban J connectivity index is 1.38. The van der Waals surface area contributed by atoms with Crippen molar-refractivity contribution in [2.24, 2.45) is 5.92 Å². The summed E-state index contributed by atoms with van der Waals surface area (Å²) in [6, 6.07) is 7.50. The van der Waals surface area contributed by atoms with Gasteiger partial charge in [-0.2, -0.15) is 0 Å². The number of hydrogen-bond donors (Lipinski definition) is 2. The zero-order chi connectivity index (χ0) is 18.4. The van der Waals surface area contributed by atoms with Crippen LogP contribution in [-0.2, 0) is 14.3 Å². The molecule has 2 amide bonds. The van der Waals surface area contributed by atoms with E-state index in [-0.39, 0.29) is 0 Å². The number of carbonyl (C=O) groups excluding carboxylic acids is 2. The number of nitrogens with one attached hydrogen (secondary N) is 2. The summed E-state index contributed by atoms with van der Waals surface area (Å²) in [4.78, 5) is 26.6. The van der Waals surface area contributed by atoms with Crippen LogP contribution in [0.1, 0.15) is 25.7 Å². The number of halogens is 1. The molecule has 7 heteroatoms. The first kappa shape index (κ1) is 19.1. The Morgan fingerprint density at radius 3 is 2.46 bits per heavy atom. The molecule has 0 unspecified atom stereocenters. The highest BCUT2D eigenvalue weighted by molar-refractivity contribution is 6.41. The number of hydrogen-bond acceptors (Lipinski definition) is 4. The van der Waals surface area contributed by atoms with Gasteiger partial charge in [0, 0.05) is 25.8 Å². The van der Waals surface area contributed by atoms with Gasteiger partial charge in [0.1, 0.15) is 0 Å². The second-order valence-electron chi connectivity index (χ2n) is 6.97. The molecule has 0 aliphatic carbocycles. The summed E-state index contributed by atoms with van der Waals surface area (Å²) in [6.07, 6.45) is 4.32. The lowest BCUT2D eigenvalue weighted by molar-refractivity contribution is -0.136. The van der Waals surface area contributed by atoms with Gasteiger partial charge in [0.15, 0.2) is 0 Å². The Kier molecular flexibility index (Phi) is 6.88. The van der Waals surface area contributed by atoms with Crippen molar-refractivity contribution in [1.29, 1.82) is 0 Å². The summed E-state index contributed by atoms with van der Waals surface area (Å²) < 4.78 is 5.43. The van der Waals surface area contributed by atoms with E-state index in [2.05, 4.69) is 15.5 Å². The molecule has 2 aliphatic heterocycles. The summed E-state index contributed by atoms with van der Waals surface area (Å²) >= 11 is 5.99. The van der Waals surface area contributed by atoms with Crippen LogP contribution in [-0.4, -0.2) is 55.6 Å². The van der Waals surface area contributed by atoms with Gasteiger partial charge in [-0.25, -0.2) is 0 Å². The van der Waals surface area contributed by atoms with Gasteiger partial charge in [-0.3, -0.25) is 9.59 Å². The topological polar surface area (TPSA) is 70.7 Å². The number of anilines is 1. The summed E-state index contributed by atoms with van der Waals surface area (Å²) in [5.41, 5.74) is 0.444. The van der Waals surface area contributed by atoms with Gasteiger partial charge in [0.25, 0.3) is 0 Å². The van der Waals surface area contributed by atoms with Gasteiger partial charge >= 0.3 is 11.8 Å². The first-order valence-corrected chi connectivity index (χ1v) is 9.67. The molecule has 2 N–H and O–H groups in total. The van der Waals surface area contributed by atoms with Crippen molar-refractivity contribution < 1.29 is 14.3 Å². The molecule has 0 atom stereocenters. The number of rotatable bonds is 4. The van der Waals surface area contributed by atoms with Crippen molar-refractivity contribution in [3.8, 4) is 0 Å². The van der Waals surface area contributed by atoms with E-state index in [1.165, 1.54) is 0 Å². The number of ether oxygens (including phenoxy) is 1. The SMILES string of the molecule is O=C(NCC1CCN(C2CCOCC2)CC1)C(=O)Nc1ccccc1Cl. The van der Waals surface area contributed by atoms with E-state index in [4.69, 9.17) is 16.3 Å². The predicted molar refractivity (Wildman–Crippen MR) is 101 cm³/mol. The first-order chi connectivity index (χ1) is 12.6. The molecule has 2 heterocycles. The first-order valence-electron chi connectivity index (χ1n) is 9.29. The standard InChI is InChI=1S/C19H26ClN3O3/c20-16-3-1-2-4-17(16)22-19(25)18(24)21-13-14-5-9-23(10-6-14)15-7-11-26-12-8-15/h1-4,14-15H,5-13H2,(H,21,24)(H,22,25). The van der Waals surface area contributed by atoms with Crippen molar-refractivity contribution in [2.45, 2.75) is 31.7 Å². The highest BCUT2D eigenvalue weighted by Crippen LogP contribution is 2.23. The average Bonchev–Trinajstić information content (AvgIpc) is 2.69. The van der Waals surface area contributed by atoms with Crippen LogP contribution in [0.25, 0.3) is 0 Å². The molecule has 0 saturated carbocycles. The highest BCUT2D eigenvalue weighted by atomic mass is 35.5. The molecule has 1 aromatic rings. The number of para-hydroxylation sites is 1. The molecular weight excluding hydrogens is 354 g/mol. The second kappa shape index (κ2) is 9.35. The number of amides is 2. The molecule has 2 fully saturated rings. The van der Waals surface area contributed by atoms with Crippen molar-refractivity contribution >= 4 is 29.1 Å². The van der Waals surface area contributed by atoms with Crippen molar-refractivity contribution in [3.63, 3.8) is 0 Å². The summed E-state index contributed by atoms with van der Waals surface area (Å²) in [5.74, 6) is -0.877. The lowest BCUT2D eigenvalue weighted by Crippen LogP contribution is -2.46. The van der Waals surface area contributed by atoms with Gasteiger partial charge in [-0.05, 0) is 56.8 Å². The van der Waals surface area contributed by atoms with E-state index in [0.29, 0.717) is 29.2 Å². The van der Waals surface area contributed by atoms with Gasteiger partial charge in [0.05, 0.1) is 10.7 Å². The average molecular weight is 380 g/mol. The van der Waals surface area contributed by atoms with Crippen LogP contribution in [0, 0.1) is 5.92 Å². The summed E-state index contributed by atoms with van der Waals surface area (Å²) in [7, 11) is 0. The van der Waals surface area contributed by atoms with Crippen molar-refractivity contribution in [3.05, 3.63) is 29.3 Å². The zero-order valence-electron chi connectivity index (χ0n) is 14.9. The van der Waals surface area contributed by atoms with Gasteiger partial charge in [-0.1, -0.05) is 23.7 Å². The van der Waals surface area contributed by atoms with Gasteiger partial charge in [-0.15, -0.1) is 0 Å². The van der Waals surface area contributed by atoms with Crippen LogP contribution in [0.5, 0.6) is 0 Å². The van der Waals surface area contributed by atoms with E-state index in [0.717, 1.165) is 52.0 Å². The maximum absolute atomic E-state index is 12.0. The highest BCUT2D eigenvalue weighted by Gasteiger charge is 2.27. The van der Waals surface area contributed by atoms with Crippen LogP contribution in [0.4, 0.5) is 5.69 Å². The molecule has 1 aromatic carbocycles. The van der Waals surface area contributed by atoms with Crippen molar-refractivity contribution in [1.82, 2.24) is 10.2 Å². The van der Waals surface area contributed by atoms with Crippen LogP contribution >= 0.6 is 11.6 Å². The minimum atomic E-state index is -0.683. The van der Waals surface area contributed by atoms with E-state index in [9.17, 15) is 9.59 Å². The third-order valence-electron chi connectivity index (χ3n) is 5.24. The molecule has 26 heavy (non-hydrogen) atoms. The Hall–Kier alpha value is -1.63. The van der Waals surface area contributed by atoms with Crippen molar-refractivity contribution in [2.75, 3.05) is 38.2 Å². The normalized spacial score (nSPS) is 19.9. The zero-order valence-corrected chi connectivity index (χ0v) is 15.6. The summed E-state index contributed by atoms with van der Waals surface area (Å²) in [6.45, 7) is 4.37.